The van der Waals surface area contributed by atoms with Gasteiger partial charge in [0.2, 0.25) is 11.8 Å². The SMILES string of the molecule is O=C1CC(C(=O)N(CCCN2CCOCC2)c2nc3ccc(Cl)cc3s2)CN1c1ccccc1. The highest BCUT2D eigenvalue weighted by Gasteiger charge is 2.38. The molecule has 2 aromatic carbocycles. The van der Waals surface area contributed by atoms with Gasteiger partial charge >= 0.3 is 0 Å². The second kappa shape index (κ2) is 10.4. The van der Waals surface area contributed by atoms with Gasteiger partial charge in [0.15, 0.2) is 5.13 Å². The molecule has 0 aliphatic carbocycles. The van der Waals surface area contributed by atoms with Crippen LogP contribution in [-0.4, -0.2) is 67.6 Å². The number of rotatable bonds is 7. The molecule has 3 heterocycles. The molecule has 34 heavy (non-hydrogen) atoms. The van der Waals surface area contributed by atoms with E-state index in [4.69, 9.17) is 21.3 Å². The maximum atomic E-state index is 13.7. The van der Waals surface area contributed by atoms with Gasteiger partial charge in [0.25, 0.3) is 0 Å². The number of hydrogen-bond acceptors (Lipinski definition) is 6. The van der Waals surface area contributed by atoms with Crippen LogP contribution in [0.1, 0.15) is 12.8 Å². The molecule has 7 nitrogen and oxygen atoms in total. The smallest absolute Gasteiger partial charge is 0.234 e. The molecule has 178 valence electrons. The number of halogens is 1. The highest BCUT2D eigenvalue weighted by atomic mass is 35.5. The van der Waals surface area contributed by atoms with Gasteiger partial charge in [-0.05, 0) is 36.8 Å². The molecule has 1 aromatic heterocycles. The number of carbonyl (C=O) groups is 2. The zero-order valence-electron chi connectivity index (χ0n) is 18.9. The Morgan fingerprint density at radius 1 is 1.18 bits per heavy atom. The van der Waals surface area contributed by atoms with Crippen LogP contribution in [0.15, 0.2) is 48.5 Å². The topological polar surface area (TPSA) is 66.0 Å². The zero-order valence-corrected chi connectivity index (χ0v) is 20.4. The summed E-state index contributed by atoms with van der Waals surface area (Å²) >= 11 is 7.64. The first-order valence-corrected chi connectivity index (χ1v) is 12.8. The zero-order chi connectivity index (χ0) is 23.5. The molecule has 5 rings (SSSR count). The third kappa shape index (κ3) is 5.10. The minimum Gasteiger partial charge on any atom is -0.379 e. The number of amides is 2. The number of benzene rings is 2. The Bertz CT molecular complexity index is 1170. The van der Waals surface area contributed by atoms with E-state index in [1.165, 1.54) is 11.3 Å². The number of carbonyl (C=O) groups excluding carboxylic acids is 2. The third-order valence-electron chi connectivity index (χ3n) is 6.34. The number of thiazole rings is 1. The van der Waals surface area contributed by atoms with Crippen molar-refractivity contribution < 1.29 is 14.3 Å². The van der Waals surface area contributed by atoms with Crippen molar-refractivity contribution in [2.24, 2.45) is 5.92 Å². The number of aromatic nitrogens is 1. The Hall–Kier alpha value is -2.52. The van der Waals surface area contributed by atoms with Crippen molar-refractivity contribution in [2.75, 3.05) is 55.7 Å². The van der Waals surface area contributed by atoms with Crippen molar-refractivity contribution in [1.82, 2.24) is 9.88 Å². The quantitative estimate of drug-likeness (QED) is 0.491. The molecule has 0 N–H and O–H groups in total. The lowest BCUT2D eigenvalue weighted by Gasteiger charge is -2.28. The maximum absolute atomic E-state index is 13.7. The molecule has 1 atom stereocenters. The number of para-hydroxylation sites is 1. The fourth-order valence-corrected chi connectivity index (χ4v) is 5.80. The third-order valence-corrected chi connectivity index (χ3v) is 7.61. The van der Waals surface area contributed by atoms with Crippen LogP contribution < -0.4 is 9.80 Å². The summed E-state index contributed by atoms with van der Waals surface area (Å²) in [6.07, 6.45) is 1.04. The van der Waals surface area contributed by atoms with Gasteiger partial charge in [0, 0.05) is 49.9 Å². The van der Waals surface area contributed by atoms with E-state index in [-0.39, 0.29) is 18.2 Å². The van der Waals surface area contributed by atoms with Crippen molar-refractivity contribution in [3.8, 4) is 0 Å². The predicted molar refractivity (Wildman–Crippen MR) is 136 cm³/mol. The van der Waals surface area contributed by atoms with Crippen LogP contribution in [-0.2, 0) is 14.3 Å². The molecule has 9 heteroatoms. The molecule has 2 aliphatic heterocycles. The lowest BCUT2D eigenvalue weighted by molar-refractivity contribution is -0.124. The molecule has 2 aliphatic rings. The number of ether oxygens (including phenoxy) is 1. The van der Waals surface area contributed by atoms with Crippen molar-refractivity contribution >= 4 is 55.8 Å². The fraction of sp³-hybridized carbons (Fsp3) is 0.400. The summed E-state index contributed by atoms with van der Waals surface area (Å²) < 4.78 is 6.39. The Labute approximate surface area is 207 Å². The molecule has 0 saturated carbocycles. The molecule has 0 spiro atoms. The summed E-state index contributed by atoms with van der Waals surface area (Å²) in [4.78, 5) is 37.1. The highest BCUT2D eigenvalue weighted by Crippen LogP contribution is 2.33. The minimum atomic E-state index is -0.397. The lowest BCUT2D eigenvalue weighted by atomic mass is 10.1. The first-order valence-electron chi connectivity index (χ1n) is 11.6. The predicted octanol–water partition coefficient (Wildman–Crippen LogP) is 4.06. The van der Waals surface area contributed by atoms with Crippen LogP contribution in [0.5, 0.6) is 0 Å². The van der Waals surface area contributed by atoms with Gasteiger partial charge in [-0.3, -0.25) is 19.4 Å². The Morgan fingerprint density at radius 2 is 1.97 bits per heavy atom. The van der Waals surface area contributed by atoms with Crippen LogP contribution in [0.3, 0.4) is 0 Å². The average Bonchev–Trinajstić information content (AvgIpc) is 3.45. The van der Waals surface area contributed by atoms with Crippen LogP contribution in [0.2, 0.25) is 5.02 Å². The van der Waals surface area contributed by atoms with E-state index >= 15 is 0 Å². The van der Waals surface area contributed by atoms with Crippen molar-refractivity contribution in [2.45, 2.75) is 12.8 Å². The first kappa shape index (κ1) is 23.2. The van der Waals surface area contributed by atoms with E-state index in [0.717, 1.165) is 55.2 Å². The molecular weight excluding hydrogens is 472 g/mol. The summed E-state index contributed by atoms with van der Waals surface area (Å²) in [6, 6.07) is 15.1. The summed E-state index contributed by atoms with van der Waals surface area (Å²) in [7, 11) is 0. The lowest BCUT2D eigenvalue weighted by Crippen LogP contribution is -2.41. The average molecular weight is 499 g/mol. The van der Waals surface area contributed by atoms with E-state index in [9.17, 15) is 9.59 Å². The highest BCUT2D eigenvalue weighted by molar-refractivity contribution is 7.22. The first-order chi connectivity index (χ1) is 16.6. The van der Waals surface area contributed by atoms with E-state index in [2.05, 4.69) is 4.90 Å². The van der Waals surface area contributed by atoms with E-state index in [1.54, 1.807) is 9.80 Å². The van der Waals surface area contributed by atoms with E-state index in [1.807, 2.05) is 48.5 Å². The molecule has 2 saturated heterocycles. The van der Waals surface area contributed by atoms with E-state index < -0.39 is 5.92 Å². The summed E-state index contributed by atoms with van der Waals surface area (Å²) in [5.41, 5.74) is 1.65. The van der Waals surface area contributed by atoms with Crippen LogP contribution in [0, 0.1) is 5.92 Å². The molecule has 0 radical (unpaired) electrons. The Kier molecular flexibility index (Phi) is 7.10. The largest absolute Gasteiger partial charge is 0.379 e. The minimum absolute atomic E-state index is 0.0195. The van der Waals surface area contributed by atoms with Crippen molar-refractivity contribution in [1.29, 1.82) is 0 Å². The van der Waals surface area contributed by atoms with Crippen molar-refractivity contribution in [3.05, 3.63) is 53.6 Å². The van der Waals surface area contributed by atoms with Gasteiger partial charge in [-0.15, -0.1) is 0 Å². The standard InChI is InChI=1S/C25H27ClN4O3S/c26-19-7-8-21-22(16-19)34-25(27-21)29(10-4-9-28-11-13-33-14-12-28)24(32)18-15-23(31)30(17-18)20-5-2-1-3-6-20/h1-3,5-8,16,18H,4,9-15,17H2. The maximum Gasteiger partial charge on any atom is 0.234 e. The second-order valence-electron chi connectivity index (χ2n) is 8.65. The number of fused-ring (bicyclic) bond motifs is 1. The Morgan fingerprint density at radius 3 is 2.76 bits per heavy atom. The van der Waals surface area contributed by atoms with Gasteiger partial charge in [0.05, 0.1) is 29.3 Å². The molecule has 3 aromatic rings. The number of hydrogen-bond donors (Lipinski definition) is 0. The van der Waals surface area contributed by atoms with Gasteiger partial charge in [-0.2, -0.15) is 0 Å². The normalized spacial score (nSPS) is 19.1. The van der Waals surface area contributed by atoms with Crippen LogP contribution in [0.4, 0.5) is 10.8 Å². The van der Waals surface area contributed by atoms with Crippen molar-refractivity contribution in [3.63, 3.8) is 0 Å². The summed E-state index contributed by atoms with van der Waals surface area (Å²) in [5, 5.41) is 1.31. The number of morpholine rings is 1. The Balaban J connectivity index is 1.35. The number of nitrogens with zero attached hydrogens (tertiary/aromatic N) is 4. The summed E-state index contributed by atoms with van der Waals surface area (Å²) in [6.45, 7) is 5.16. The monoisotopic (exact) mass is 498 g/mol. The van der Waals surface area contributed by atoms with Gasteiger partial charge in [-0.25, -0.2) is 4.98 Å². The molecule has 2 fully saturated rings. The summed E-state index contributed by atoms with van der Waals surface area (Å²) in [5.74, 6) is -0.459. The fourth-order valence-electron chi connectivity index (χ4n) is 4.53. The van der Waals surface area contributed by atoms with Gasteiger partial charge in [0.1, 0.15) is 0 Å². The van der Waals surface area contributed by atoms with Crippen LogP contribution in [0.25, 0.3) is 10.2 Å². The van der Waals surface area contributed by atoms with Gasteiger partial charge in [-0.1, -0.05) is 41.1 Å². The van der Waals surface area contributed by atoms with Crippen LogP contribution >= 0.6 is 22.9 Å². The van der Waals surface area contributed by atoms with Gasteiger partial charge < -0.3 is 9.64 Å². The molecule has 1 unspecified atom stereocenters. The molecular formula is C25H27ClN4O3S. The molecule has 0 bridgehead atoms. The molecule has 2 amide bonds. The number of anilines is 2. The van der Waals surface area contributed by atoms with E-state index in [0.29, 0.717) is 23.2 Å². The second-order valence-corrected chi connectivity index (χ2v) is 10.1.